The third kappa shape index (κ3) is 2.12. The van der Waals surface area contributed by atoms with Crippen molar-refractivity contribution >= 4 is 10.0 Å². The molecule has 0 radical (unpaired) electrons. The van der Waals surface area contributed by atoms with E-state index in [9.17, 15) is 21.6 Å². The molecule has 86 valence electrons. The second-order valence-electron chi connectivity index (χ2n) is 2.67. The minimum atomic E-state index is -4.43. The average molecular weight is 251 g/mol. The van der Waals surface area contributed by atoms with Gasteiger partial charge in [-0.3, -0.25) is 0 Å². The van der Waals surface area contributed by atoms with Crippen molar-refractivity contribution in [1.82, 2.24) is 4.98 Å². The Hall–Kier alpha value is -1.66. The molecule has 0 atom stereocenters. The van der Waals surface area contributed by atoms with E-state index in [0.29, 0.717) is 6.20 Å². The number of pyridine rings is 1. The Morgan fingerprint density at radius 1 is 1.50 bits per heavy atom. The van der Waals surface area contributed by atoms with Gasteiger partial charge in [-0.25, -0.2) is 31.7 Å². The number of nitriles is 1. The maximum absolute atomic E-state index is 13.3. The Morgan fingerprint density at radius 2 is 2.06 bits per heavy atom. The molecule has 0 aliphatic carbocycles. The minimum Gasteiger partial charge on any atom is -0.242 e. The maximum Gasteiger partial charge on any atom is 0.268 e. The molecular formula is C7H4F3N3O2S. The van der Waals surface area contributed by atoms with E-state index >= 15 is 0 Å². The number of aromatic nitrogens is 1. The Balaban J connectivity index is 3.62. The lowest BCUT2D eigenvalue weighted by Crippen LogP contribution is -2.17. The second kappa shape index (κ2) is 4.07. The fraction of sp³-hybridized carbons (Fsp3) is 0.143. The Bertz CT molecular complexity index is 565. The third-order valence-electron chi connectivity index (χ3n) is 1.62. The highest BCUT2D eigenvalue weighted by molar-refractivity contribution is 7.89. The zero-order valence-corrected chi connectivity index (χ0v) is 8.30. The zero-order valence-electron chi connectivity index (χ0n) is 7.49. The van der Waals surface area contributed by atoms with Crippen molar-refractivity contribution in [2.45, 2.75) is 11.5 Å². The Kier molecular flexibility index (Phi) is 3.16. The normalized spacial score (nSPS) is 11.5. The van der Waals surface area contributed by atoms with Crippen LogP contribution < -0.4 is 5.14 Å². The van der Waals surface area contributed by atoms with E-state index in [1.807, 2.05) is 0 Å². The van der Waals surface area contributed by atoms with Gasteiger partial charge in [-0.15, -0.1) is 0 Å². The van der Waals surface area contributed by atoms with E-state index in [-0.39, 0.29) is 0 Å². The Morgan fingerprint density at radius 3 is 2.44 bits per heavy atom. The predicted molar refractivity (Wildman–Crippen MR) is 45.2 cm³/mol. The van der Waals surface area contributed by atoms with E-state index in [0.717, 1.165) is 6.07 Å². The standard InChI is InChI=1S/C7H4F3N3O2S/c8-5-3(1-11)7(16(12,14)15)13-2-4(5)6(9)10/h2,6H,(H2,12,14,15). The fourth-order valence-corrected chi connectivity index (χ4v) is 1.57. The molecule has 16 heavy (non-hydrogen) atoms. The van der Waals surface area contributed by atoms with Crippen molar-refractivity contribution in [3.63, 3.8) is 0 Å². The topological polar surface area (TPSA) is 96.8 Å². The molecule has 0 unspecified atom stereocenters. The van der Waals surface area contributed by atoms with Crippen LogP contribution in [0.1, 0.15) is 17.6 Å². The molecule has 5 nitrogen and oxygen atoms in total. The summed E-state index contributed by atoms with van der Waals surface area (Å²) in [5, 5.41) is 12.0. The monoisotopic (exact) mass is 251 g/mol. The molecule has 1 aromatic heterocycles. The largest absolute Gasteiger partial charge is 0.268 e. The molecule has 0 aromatic carbocycles. The van der Waals surface area contributed by atoms with Crippen LogP contribution >= 0.6 is 0 Å². The molecule has 0 bridgehead atoms. The highest BCUT2D eigenvalue weighted by Gasteiger charge is 2.25. The average Bonchev–Trinajstić information content (AvgIpc) is 2.15. The van der Waals surface area contributed by atoms with Gasteiger partial charge in [-0.1, -0.05) is 0 Å². The van der Waals surface area contributed by atoms with Crippen LogP contribution in [0.15, 0.2) is 11.2 Å². The summed E-state index contributed by atoms with van der Waals surface area (Å²) in [6.45, 7) is 0. The first-order chi connectivity index (χ1) is 7.29. The van der Waals surface area contributed by atoms with Crippen LogP contribution in [0, 0.1) is 17.1 Å². The van der Waals surface area contributed by atoms with Crippen molar-refractivity contribution in [3.05, 3.63) is 23.1 Å². The van der Waals surface area contributed by atoms with Crippen molar-refractivity contribution < 1.29 is 21.6 Å². The van der Waals surface area contributed by atoms with Gasteiger partial charge >= 0.3 is 0 Å². The predicted octanol–water partition coefficient (Wildman–Crippen LogP) is 0.677. The number of hydrogen-bond acceptors (Lipinski definition) is 4. The van der Waals surface area contributed by atoms with E-state index in [1.165, 1.54) is 0 Å². The summed E-state index contributed by atoms with van der Waals surface area (Å²) in [6, 6.07) is 1.14. The number of rotatable bonds is 2. The summed E-state index contributed by atoms with van der Waals surface area (Å²) < 4.78 is 59.4. The molecule has 1 heterocycles. The fourth-order valence-electron chi connectivity index (χ4n) is 0.952. The summed E-state index contributed by atoms with van der Waals surface area (Å²) in [4.78, 5) is 3.05. The molecule has 0 aliphatic heterocycles. The van der Waals surface area contributed by atoms with Crippen LogP contribution in [0.2, 0.25) is 0 Å². The van der Waals surface area contributed by atoms with Crippen LogP contribution in [0.5, 0.6) is 0 Å². The number of halogens is 3. The van der Waals surface area contributed by atoms with Gasteiger partial charge in [0.05, 0.1) is 5.56 Å². The first-order valence-corrected chi connectivity index (χ1v) is 5.23. The van der Waals surface area contributed by atoms with Gasteiger partial charge in [-0.05, 0) is 0 Å². The second-order valence-corrected chi connectivity index (χ2v) is 4.14. The van der Waals surface area contributed by atoms with Crippen LogP contribution in [0.4, 0.5) is 13.2 Å². The molecule has 9 heteroatoms. The Labute approximate surface area is 88.4 Å². The molecule has 0 fully saturated rings. The lowest BCUT2D eigenvalue weighted by atomic mass is 10.2. The molecule has 0 saturated heterocycles. The first kappa shape index (κ1) is 12.4. The minimum absolute atomic E-state index is 0.334. The van der Waals surface area contributed by atoms with Crippen LogP contribution in [-0.4, -0.2) is 13.4 Å². The number of alkyl halides is 2. The number of primary sulfonamides is 1. The van der Waals surface area contributed by atoms with Gasteiger partial charge in [0.1, 0.15) is 11.6 Å². The zero-order chi connectivity index (χ0) is 12.5. The number of nitrogens with two attached hydrogens (primary N) is 1. The van der Waals surface area contributed by atoms with Crippen molar-refractivity contribution in [2.75, 3.05) is 0 Å². The molecule has 0 saturated carbocycles. The van der Waals surface area contributed by atoms with Crippen LogP contribution in [0.3, 0.4) is 0 Å². The van der Waals surface area contributed by atoms with Crippen molar-refractivity contribution in [1.29, 1.82) is 5.26 Å². The van der Waals surface area contributed by atoms with Gasteiger partial charge in [0.25, 0.3) is 16.4 Å². The number of hydrogen-bond donors (Lipinski definition) is 1. The SMILES string of the molecule is N#Cc1c(S(N)(=O)=O)ncc(C(F)F)c1F. The van der Waals surface area contributed by atoms with Gasteiger partial charge in [-0.2, -0.15) is 5.26 Å². The van der Waals surface area contributed by atoms with E-state index < -0.39 is 38.4 Å². The van der Waals surface area contributed by atoms with E-state index in [4.69, 9.17) is 5.26 Å². The molecule has 0 spiro atoms. The van der Waals surface area contributed by atoms with Crippen molar-refractivity contribution in [3.8, 4) is 6.07 Å². The highest BCUT2D eigenvalue weighted by atomic mass is 32.2. The quantitative estimate of drug-likeness (QED) is 0.835. The van der Waals surface area contributed by atoms with E-state index in [2.05, 4.69) is 10.1 Å². The molecule has 0 aliphatic rings. The summed E-state index contributed by atoms with van der Waals surface area (Å²) >= 11 is 0. The van der Waals surface area contributed by atoms with Crippen LogP contribution in [-0.2, 0) is 10.0 Å². The molecular weight excluding hydrogens is 247 g/mol. The highest BCUT2D eigenvalue weighted by Crippen LogP contribution is 2.25. The smallest absolute Gasteiger partial charge is 0.242 e. The number of nitrogens with zero attached hydrogens (tertiary/aromatic N) is 2. The summed E-state index contributed by atoms with van der Waals surface area (Å²) in [7, 11) is -4.43. The van der Waals surface area contributed by atoms with Gasteiger partial charge < -0.3 is 0 Å². The lowest BCUT2D eigenvalue weighted by molar-refractivity contribution is 0.145. The van der Waals surface area contributed by atoms with Gasteiger partial charge in [0.2, 0.25) is 0 Å². The van der Waals surface area contributed by atoms with E-state index in [1.54, 1.807) is 0 Å². The lowest BCUT2D eigenvalue weighted by Gasteiger charge is -2.05. The number of sulfonamides is 1. The van der Waals surface area contributed by atoms with Gasteiger partial charge in [0.15, 0.2) is 10.8 Å². The molecule has 2 N–H and O–H groups in total. The third-order valence-corrected chi connectivity index (χ3v) is 2.47. The van der Waals surface area contributed by atoms with Gasteiger partial charge in [0, 0.05) is 6.20 Å². The summed E-state index contributed by atoms with van der Waals surface area (Å²) in [6.07, 6.45) is -2.87. The maximum atomic E-state index is 13.3. The first-order valence-electron chi connectivity index (χ1n) is 3.68. The molecule has 1 rings (SSSR count). The molecule has 0 amide bonds. The summed E-state index contributed by atoms with van der Waals surface area (Å²) in [5.41, 5.74) is -2.26. The molecule has 1 aromatic rings. The van der Waals surface area contributed by atoms with Crippen LogP contribution in [0.25, 0.3) is 0 Å². The van der Waals surface area contributed by atoms with Crippen molar-refractivity contribution in [2.24, 2.45) is 5.14 Å². The summed E-state index contributed by atoms with van der Waals surface area (Å²) in [5.74, 6) is -1.63.